The van der Waals surface area contributed by atoms with Crippen molar-refractivity contribution in [1.29, 1.82) is 0 Å². The summed E-state index contributed by atoms with van der Waals surface area (Å²) in [6, 6.07) is 8.91. The van der Waals surface area contributed by atoms with Gasteiger partial charge in [-0.1, -0.05) is 0 Å². The van der Waals surface area contributed by atoms with Gasteiger partial charge in [0.25, 0.3) is 11.8 Å². The van der Waals surface area contributed by atoms with Crippen LogP contribution in [-0.4, -0.2) is 21.4 Å². The van der Waals surface area contributed by atoms with Gasteiger partial charge in [0.1, 0.15) is 5.69 Å². The van der Waals surface area contributed by atoms with Gasteiger partial charge >= 0.3 is 0 Å². The lowest BCUT2D eigenvalue weighted by Crippen LogP contribution is -2.42. The van der Waals surface area contributed by atoms with Gasteiger partial charge < -0.3 is 4.57 Å². The number of hydrogen-bond donors (Lipinski definition) is 2. The number of thioether (sulfide) groups is 1. The summed E-state index contributed by atoms with van der Waals surface area (Å²) in [5, 5.41) is 3.11. The minimum atomic E-state index is -0.387. The van der Waals surface area contributed by atoms with E-state index < -0.39 is 0 Å². The second-order valence-electron chi connectivity index (χ2n) is 5.73. The number of thiazole rings is 1. The molecule has 2 aromatic heterocycles. The number of hydrogen-bond acceptors (Lipinski definition) is 5. The van der Waals surface area contributed by atoms with E-state index in [9.17, 15) is 9.59 Å². The Kier molecular flexibility index (Phi) is 6.35. The smallest absolute Gasteiger partial charge is 0.286 e. The zero-order valence-electron chi connectivity index (χ0n) is 14.7. The van der Waals surface area contributed by atoms with Crippen molar-refractivity contribution in [3.05, 3.63) is 68.3 Å². The van der Waals surface area contributed by atoms with E-state index in [4.69, 9.17) is 0 Å². The monoisotopic (exact) mass is 464 g/mol. The molecule has 9 heteroatoms. The topological polar surface area (TPSA) is 76.0 Å². The van der Waals surface area contributed by atoms with E-state index in [0.29, 0.717) is 11.3 Å². The Morgan fingerprint density at radius 3 is 2.52 bits per heavy atom. The number of amides is 2. The van der Waals surface area contributed by atoms with Crippen molar-refractivity contribution in [1.82, 2.24) is 20.4 Å². The second kappa shape index (κ2) is 8.73. The number of hydrazine groups is 1. The van der Waals surface area contributed by atoms with Crippen molar-refractivity contribution in [3.63, 3.8) is 0 Å². The standard InChI is InChI=1S/C18H17BrN4O2S2/c1-11-20-14(9-26-11)10-27-15-5-3-12(4-6-15)17(24)21-22-18(25)16-7-13(19)8-23(16)2/h3-9H,10H2,1-2H3,(H,21,24)(H,22,25). The summed E-state index contributed by atoms with van der Waals surface area (Å²) < 4.78 is 2.46. The lowest BCUT2D eigenvalue weighted by Gasteiger charge is -2.08. The van der Waals surface area contributed by atoms with Gasteiger partial charge in [0.2, 0.25) is 0 Å². The molecule has 27 heavy (non-hydrogen) atoms. The molecule has 2 amide bonds. The average Bonchev–Trinajstić information content (AvgIpc) is 3.22. The van der Waals surface area contributed by atoms with Crippen LogP contribution in [0.15, 0.2) is 51.3 Å². The van der Waals surface area contributed by atoms with E-state index in [1.807, 2.05) is 19.1 Å². The fraction of sp³-hybridized carbons (Fsp3) is 0.167. The highest BCUT2D eigenvalue weighted by Gasteiger charge is 2.13. The lowest BCUT2D eigenvalue weighted by molar-refractivity contribution is 0.0842. The SMILES string of the molecule is Cc1nc(CSc2ccc(C(=O)NNC(=O)c3cc(Br)cn3C)cc2)cs1. The average molecular weight is 465 g/mol. The van der Waals surface area contributed by atoms with Gasteiger partial charge in [-0.25, -0.2) is 4.98 Å². The Bertz CT molecular complexity index is 966. The first-order valence-corrected chi connectivity index (χ1v) is 10.6. The molecule has 0 aliphatic carbocycles. The highest BCUT2D eigenvalue weighted by molar-refractivity contribution is 9.10. The lowest BCUT2D eigenvalue weighted by atomic mass is 10.2. The molecule has 0 radical (unpaired) electrons. The maximum Gasteiger partial charge on any atom is 0.286 e. The molecule has 140 valence electrons. The zero-order valence-corrected chi connectivity index (χ0v) is 17.9. The summed E-state index contributed by atoms with van der Waals surface area (Å²) in [6.07, 6.45) is 1.76. The normalized spacial score (nSPS) is 10.6. The van der Waals surface area contributed by atoms with Crippen LogP contribution < -0.4 is 10.9 Å². The fourth-order valence-electron chi connectivity index (χ4n) is 2.33. The summed E-state index contributed by atoms with van der Waals surface area (Å²) in [6.45, 7) is 1.99. The van der Waals surface area contributed by atoms with Gasteiger partial charge in [0.05, 0.1) is 10.7 Å². The van der Waals surface area contributed by atoms with Crippen LogP contribution >= 0.6 is 39.0 Å². The molecule has 2 heterocycles. The Labute approximate surface area is 173 Å². The number of aryl methyl sites for hydroxylation is 2. The first kappa shape index (κ1) is 19.7. The van der Waals surface area contributed by atoms with Crippen molar-refractivity contribution in [2.24, 2.45) is 7.05 Å². The van der Waals surface area contributed by atoms with Crippen LogP contribution in [0, 0.1) is 6.92 Å². The van der Waals surface area contributed by atoms with Gasteiger partial charge in [-0.15, -0.1) is 23.1 Å². The molecular formula is C18H17BrN4O2S2. The molecule has 6 nitrogen and oxygen atoms in total. The number of nitrogens with one attached hydrogen (secondary N) is 2. The maximum absolute atomic E-state index is 12.2. The summed E-state index contributed by atoms with van der Waals surface area (Å²) in [7, 11) is 1.75. The minimum absolute atomic E-state index is 0.372. The molecule has 2 N–H and O–H groups in total. The minimum Gasteiger partial charge on any atom is -0.345 e. The zero-order chi connectivity index (χ0) is 19.4. The van der Waals surface area contributed by atoms with E-state index in [1.54, 1.807) is 59.1 Å². The predicted octanol–water partition coefficient (Wildman–Crippen LogP) is 3.92. The molecule has 3 aromatic rings. The number of nitrogens with zero attached hydrogens (tertiary/aromatic N) is 2. The van der Waals surface area contributed by atoms with Crippen LogP contribution in [0.5, 0.6) is 0 Å². The number of carbonyl (C=O) groups excluding carboxylic acids is 2. The first-order valence-electron chi connectivity index (χ1n) is 7.99. The van der Waals surface area contributed by atoms with E-state index in [-0.39, 0.29) is 11.8 Å². The highest BCUT2D eigenvalue weighted by Crippen LogP contribution is 2.23. The number of benzene rings is 1. The number of rotatable bonds is 5. The molecule has 0 saturated heterocycles. The summed E-state index contributed by atoms with van der Waals surface area (Å²) in [4.78, 5) is 29.8. The summed E-state index contributed by atoms with van der Waals surface area (Å²) >= 11 is 6.61. The predicted molar refractivity (Wildman–Crippen MR) is 111 cm³/mol. The summed E-state index contributed by atoms with van der Waals surface area (Å²) in [5.74, 6) is 0.0311. The third kappa shape index (κ3) is 5.21. The van der Waals surface area contributed by atoms with E-state index in [2.05, 4.69) is 37.1 Å². The van der Waals surface area contributed by atoms with Crippen LogP contribution in [-0.2, 0) is 12.8 Å². The van der Waals surface area contributed by atoms with Crippen LogP contribution in [0.4, 0.5) is 0 Å². The number of carbonyl (C=O) groups is 2. The summed E-state index contributed by atoms with van der Waals surface area (Å²) in [5.41, 5.74) is 6.81. The van der Waals surface area contributed by atoms with Gasteiger partial charge in [0.15, 0.2) is 0 Å². The van der Waals surface area contributed by atoms with Crippen molar-refractivity contribution in [2.45, 2.75) is 17.6 Å². The van der Waals surface area contributed by atoms with Gasteiger partial charge in [-0.3, -0.25) is 20.4 Å². The molecule has 0 atom stereocenters. The Morgan fingerprint density at radius 2 is 1.93 bits per heavy atom. The van der Waals surface area contributed by atoms with Crippen molar-refractivity contribution < 1.29 is 9.59 Å². The third-order valence-electron chi connectivity index (χ3n) is 3.66. The molecule has 0 saturated carbocycles. The van der Waals surface area contributed by atoms with E-state index in [0.717, 1.165) is 25.8 Å². The molecule has 0 aliphatic rings. The van der Waals surface area contributed by atoms with Crippen molar-refractivity contribution >= 4 is 50.8 Å². The molecular weight excluding hydrogens is 448 g/mol. The quantitative estimate of drug-likeness (QED) is 0.443. The van der Waals surface area contributed by atoms with Gasteiger partial charge in [-0.2, -0.15) is 0 Å². The van der Waals surface area contributed by atoms with Gasteiger partial charge in [-0.05, 0) is 53.2 Å². The van der Waals surface area contributed by atoms with Crippen molar-refractivity contribution in [2.75, 3.05) is 0 Å². The molecule has 0 bridgehead atoms. The van der Waals surface area contributed by atoms with Crippen LogP contribution in [0.2, 0.25) is 0 Å². The molecule has 0 fully saturated rings. The second-order valence-corrected chi connectivity index (χ2v) is 8.76. The maximum atomic E-state index is 12.2. The van der Waals surface area contributed by atoms with Crippen molar-refractivity contribution in [3.8, 4) is 0 Å². The van der Waals surface area contributed by atoms with Crippen LogP contribution in [0.1, 0.15) is 31.5 Å². The number of aromatic nitrogens is 2. The van der Waals surface area contributed by atoms with Crippen LogP contribution in [0.3, 0.4) is 0 Å². The van der Waals surface area contributed by atoms with E-state index >= 15 is 0 Å². The fourth-order valence-corrected chi connectivity index (χ4v) is 4.37. The molecule has 3 rings (SSSR count). The molecule has 0 spiro atoms. The third-order valence-corrected chi connectivity index (χ3v) is 5.97. The highest BCUT2D eigenvalue weighted by atomic mass is 79.9. The first-order chi connectivity index (χ1) is 12.9. The Morgan fingerprint density at radius 1 is 1.22 bits per heavy atom. The number of halogens is 1. The van der Waals surface area contributed by atoms with Gasteiger partial charge in [0, 0.05) is 39.3 Å². The molecule has 1 aromatic carbocycles. The van der Waals surface area contributed by atoms with Crippen LogP contribution in [0.25, 0.3) is 0 Å². The molecule has 0 unspecified atom stereocenters. The molecule has 0 aliphatic heterocycles. The van der Waals surface area contributed by atoms with E-state index in [1.165, 1.54) is 0 Å². The largest absolute Gasteiger partial charge is 0.345 e. The Hall–Kier alpha value is -2.10. The Balaban J connectivity index is 1.52.